The summed E-state index contributed by atoms with van der Waals surface area (Å²) in [6.07, 6.45) is 3.34. The van der Waals surface area contributed by atoms with Crippen molar-refractivity contribution in [3.05, 3.63) is 38.8 Å². The Morgan fingerprint density at radius 1 is 1.31 bits per heavy atom. The number of rotatable bonds is 2. The Labute approximate surface area is 94.1 Å². The zero-order valence-corrected chi connectivity index (χ0v) is 10.2. The number of ketones is 1. The van der Waals surface area contributed by atoms with Crippen LogP contribution in [0.5, 0.6) is 0 Å². The predicted molar refractivity (Wildman–Crippen MR) is 61.6 cm³/mol. The van der Waals surface area contributed by atoms with Gasteiger partial charge < -0.3 is 0 Å². The molecule has 0 heterocycles. The number of allylic oxidation sites excluding steroid dienone is 1. The molecule has 0 saturated heterocycles. The van der Waals surface area contributed by atoms with Crippen molar-refractivity contribution in [3.63, 3.8) is 0 Å². The van der Waals surface area contributed by atoms with E-state index < -0.39 is 0 Å². The second-order valence-corrected chi connectivity index (χ2v) is 4.33. The monoisotopic (exact) mass is 302 g/mol. The largest absolute Gasteiger partial charge is 0.295 e. The first-order valence-corrected chi connectivity index (χ1v) is 5.32. The van der Waals surface area contributed by atoms with Crippen molar-refractivity contribution in [2.45, 2.75) is 6.92 Å². The molecule has 0 fully saturated rings. The summed E-state index contributed by atoms with van der Waals surface area (Å²) in [6, 6.07) is 5.82. The highest BCUT2D eigenvalue weighted by Gasteiger charge is 1.95. The maximum Gasteiger partial charge on any atom is 0.152 e. The Morgan fingerprint density at radius 2 is 2.00 bits per heavy atom. The molecule has 0 unspecified atom stereocenters. The molecule has 1 rings (SSSR count). The topological polar surface area (TPSA) is 17.1 Å². The fourth-order valence-corrected chi connectivity index (χ4v) is 1.47. The molecule has 0 saturated carbocycles. The maximum absolute atomic E-state index is 10.7. The first-order chi connectivity index (χ1) is 6.09. The minimum absolute atomic E-state index is 0.0547. The Hall–Kier alpha value is -0.410. The smallest absolute Gasteiger partial charge is 0.152 e. The Bertz CT molecular complexity index is 356. The number of benzene rings is 1. The minimum Gasteiger partial charge on any atom is -0.295 e. The molecule has 0 aliphatic heterocycles. The molecule has 1 aromatic carbocycles. The molecule has 0 aromatic heterocycles. The van der Waals surface area contributed by atoms with E-state index in [2.05, 4.69) is 31.9 Å². The highest BCUT2D eigenvalue weighted by molar-refractivity contribution is 9.13. The van der Waals surface area contributed by atoms with Gasteiger partial charge in [-0.2, -0.15) is 0 Å². The lowest BCUT2D eigenvalue weighted by Gasteiger charge is -1.97. The van der Waals surface area contributed by atoms with E-state index in [-0.39, 0.29) is 5.78 Å². The van der Waals surface area contributed by atoms with Crippen molar-refractivity contribution < 1.29 is 4.79 Å². The molecule has 0 aliphatic carbocycles. The van der Waals surface area contributed by atoms with Gasteiger partial charge in [0, 0.05) is 8.95 Å². The molecular formula is C10H8Br2O. The van der Waals surface area contributed by atoms with Gasteiger partial charge in [0.15, 0.2) is 5.78 Å². The summed E-state index contributed by atoms with van der Waals surface area (Å²) in [5.41, 5.74) is 1.00. The van der Waals surface area contributed by atoms with E-state index in [4.69, 9.17) is 0 Å². The molecule has 13 heavy (non-hydrogen) atoms. The van der Waals surface area contributed by atoms with Crippen LogP contribution in [-0.4, -0.2) is 5.78 Å². The van der Waals surface area contributed by atoms with Crippen LogP contribution in [0.15, 0.2) is 33.2 Å². The fourth-order valence-electron chi connectivity index (χ4n) is 0.830. The van der Waals surface area contributed by atoms with Crippen LogP contribution in [0.3, 0.4) is 0 Å². The normalized spacial score (nSPS) is 10.7. The zero-order chi connectivity index (χ0) is 9.84. The molecule has 0 spiro atoms. The second-order valence-electron chi connectivity index (χ2n) is 2.62. The first-order valence-electron chi connectivity index (χ1n) is 3.73. The molecular weight excluding hydrogens is 296 g/mol. The fraction of sp³-hybridized carbons (Fsp3) is 0.100. The van der Waals surface area contributed by atoms with Crippen molar-refractivity contribution in [2.75, 3.05) is 0 Å². The maximum atomic E-state index is 10.7. The van der Waals surface area contributed by atoms with Gasteiger partial charge in [0.25, 0.3) is 0 Å². The van der Waals surface area contributed by atoms with E-state index in [1.807, 2.05) is 18.2 Å². The Kier molecular flexibility index (Phi) is 3.88. The van der Waals surface area contributed by atoms with Gasteiger partial charge in [-0.25, -0.2) is 0 Å². The standard InChI is InChI=1S/C10H8Br2O/c1-7(13)2-3-8-4-5-9(11)10(12)6-8/h2-6H,1H3/b3-2+. The molecule has 0 aliphatic rings. The van der Waals surface area contributed by atoms with E-state index in [0.717, 1.165) is 14.5 Å². The highest BCUT2D eigenvalue weighted by atomic mass is 79.9. The van der Waals surface area contributed by atoms with Crippen molar-refractivity contribution >= 4 is 43.7 Å². The van der Waals surface area contributed by atoms with Crippen LogP contribution in [0.1, 0.15) is 12.5 Å². The van der Waals surface area contributed by atoms with Gasteiger partial charge in [-0.3, -0.25) is 4.79 Å². The lowest BCUT2D eigenvalue weighted by atomic mass is 10.2. The van der Waals surface area contributed by atoms with Crippen LogP contribution >= 0.6 is 31.9 Å². The van der Waals surface area contributed by atoms with E-state index >= 15 is 0 Å². The van der Waals surface area contributed by atoms with Gasteiger partial charge in [-0.05, 0) is 62.6 Å². The summed E-state index contributed by atoms with van der Waals surface area (Å²) < 4.78 is 1.99. The van der Waals surface area contributed by atoms with Gasteiger partial charge in [0.1, 0.15) is 0 Å². The van der Waals surface area contributed by atoms with Crippen molar-refractivity contribution in [3.8, 4) is 0 Å². The van der Waals surface area contributed by atoms with E-state index in [1.165, 1.54) is 6.92 Å². The Morgan fingerprint density at radius 3 is 2.54 bits per heavy atom. The molecule has 0 radical (unpaired) electrons. The first kappa shape index (κ1) is 10.7. The van der Waals surface area contributed by atoms with Crippen molar-refractivity contribution in [2.24, 2.45) is 0 Å². The van der Waals surface area contributed by atoms with E-state index in [9.17, 15) is 4.79 Å². The number of hydrogen-bond donors (Lipinski definition) is 0. The summed E-state index contributed by atoms with van der Waals surface area (Å²) >= 11 is 6.76. The summed E-state index contributed by atoms with van der Waals surface area (Å²) in [4.78, 5) is 10.7. The van der Waals surface area contributed by atoms with E-state index in [1.54, 1.807) is 12.2 Å². The third-order valence-electron chi connectivity index (χ3n) is 1.45. The van der Waals surface area contributed by atoms with Crippen LogP contribution in [0, 0.1) is 0 Å². The summed E-state index contributed by atoms with van der Waals surface area (Å²) in [5.74, 6) is 0.0547. The van der Waals surface area contributed by atoms with Crippen molar-refractivity contribution in [1.82, 2.24) is 0 Å². The van der Waals surface area contributed by atoms with Crippen LogP contribution in [0.25, 0.3) is 6.08 Å². The molecule has 0 bridgehead atoms. The third kappa shape index (κ3) is 3.44. The van der Waals surface area contributed by atoms with Crippen molar-refractivity contribution in [1.29, 1.82) is 0 Å². The lowest BCUT2D eigenvalue weighted by molar-refractivity contribution is -0.112. The van der Waals surface area contributed by atoms with Crippen LogP contribution in [-0.2, 0) is 4.79 Å². The second kappa shape index (κ2) is 4.72. The average Bonchev–Trinajstić information content (AvgIpc) is 2.07. The molecule has 68 valence electrons. The van der Waals surface area contributed by atoms with Gasteiger partial charge in [-0.1, -0.05) is 12.1 Å². The zero-order valence-electron chi connectivity index (χ0n) is 7.05. The van der Waals surface area contributed by atoms with Crippen LogP contribution in [0.4, 0.5) is 0 Å². The van der Waals surface area contributed by atoms with Crippen LogP contribution < -0.4 is 0 Å². The number of halogens is 2. The Balaban J connectivity index is 2.92. The van der Waals surface area contributed by atoms with Gasteiger partial charge in [0.2, 0.25) is 0 Å². The number of carbonyl (C=O) groups is 1. The van der Waals surface area contributed by atoms with Gasteiger partial charge in [-0.15, -0.1) is 0 Å². The SMILES string of the molecule is CC(=O)/C=C/c1ccc(Br)c(Br)c1. The third-order valence-corrected chi connectivity index (χ3v) is 3.33. The molecule has 0 N–H and O–H groups in total. The van der Waals surface area contributed by atoms with Gasteiger partial charge >= 0.3 is 0 Å². The highest BCUT2D eigenvalue weighted by Crippen LogP contribution is 2.24. The molecule has 0 atom stereocenters. The molecule has 1 aromatic rings. The van der Waals surface area contributed by atoms with E-state index in [0.29, 0.717) is 0 Å². The summed E-state index contributed by atoms with van der Waals surface area (Å²) in [7, 11) is 0. The molecule has 3 heteroatoms. The quantitative estimate of drug-likeness (QED) is 0.759. The summed E-state index contributed by atoms with van der Waals surface area (Å²) in [6.45, 7) is 1.53. The average molecular weight is 304 g/mol. The molecule has 0 amide bonds. The van der Waals surface area contributed by atoms with Crippen LogP contribution in [0.2, 0.25) is 0 Å². The number of hydrogen-bond acceptors (Lipinski definition) is 1. The molecule has 1 nitrogen and oxygen atoms in total. The summed E-state index contributed by atoms with van der Waals surface area (Å²) in [5, 5.41) is 0. The predicted octanol–water partition coefficient (Wildman–Crippen LogP) is 3.81. The minimum atomic E-state index is 0.0547. The number of carbonyl (C=O) groups excluding carboxylic acids is 1. The van der Waals surface area contributed by atoms with Gasteiger partial charge in [0.05, 0.1) is 0 Å². The lowest BCUT2D eigenvalue weighted by Crippen LogP contribution is -1.80.